The quantitative estimate of drug-likeness (QED) is 0.542. The van der Waals surface area contributed by atoms with Crippen molar-refractivity contribution in [3.8, 4) is 0 Å². The minimum absolute atomic E-state index is 0.0223. The molecule has 0 heterocycles. The number of carbonyl (C=O) groups is 3. The Morgan fingerprint density at radius 2 is 1.52 bits per heavy atom. The molecule has 0 amide bonds. The first-order chi connectivity index (χ1) is 14.3. The number of fused-ring (bicyclic) bond motifs is 3. The summed E-state index contributed by atoms with van der Waals surface area (Å²) in [4.78, 5) is 38.4. The molecule has 0 aromatic carbocycles. The summed E-state index contributed by atoms with van der Waals surface area (Å²) in [6.45, 7) is 14.4. The fourth-order valence-corrected chi connectivity index (χ4v) is 6.07. The molecule has 1 N–H and O–H groups in total. The molecule has 0 spiro atoms. The molecule has 0 radical (unpaired) electrons. The van der Waals surface area contributed by atoms with Gasteiger partial charge in [0, 0.05) is 27.9 Å². The molecule has 31 heavy (non-hydrogen) atoms. The van der Waals surface area contributed by atoms with Crippen LogP contribution in [0.25, 0.3) is 0 Å². The molecule has 3 saturated carbocycles. The van der Waals surface area contributed by atoms with E-state index in [4.69, 9.17) is 9.47 Å². The zero-order chi connectivity index (χ0) is 23.5. The number of aliphatic hydroxyl groups is 1. The number of ether oxygens (including phenoxy) is 2. The summed E-state index contributed by atoms with van der Waals surface area (Å²) in [7, 11) is 0. The van der Waals surface area contributed by atoms with Crippen molar-refractivity contribution in [2.24, 2.45) is 28.6 Å². The van der Waals surface area contributed by atoms with Gasteiger partial charge in [-0.3, -0.25) is 4.79 Å². The van der Waals surface area contributed by atoms with Gasteiger partial charge in [0.1, 0.15) is 12.2 Å². The molecule has 0 aromatic heterocycles. The summed E-state index contributed by atoms with van der Waals surface area (Å²) < 4.78 is 11.7. The fourth-order valence-electron chi connectivity index (χ4n) is 6.07. The van der Waals surface area contributed by atoms with E-state index < -0.39 is 47.0 Å². The number of aliphatic hydroxyl groups excluding tert-OH is 1. The molecule has 6 nitrogen and oxygen atoms in total. The number of rotatable bonds is 4. The lowest BCUT2D eigenvalue weighted by atomic mass is 9.37. The van der Waals surface area contributed by atoms with E-state index in [1.54, 1.807) is 45.9 Å². The van der Waals surface area contributed by atoms with Crippen LogP contribution < -0.4 is 0 Å². The van der Waals surface area contributed by atoms with Crippen LogP contribution in [0.15, 0.2) is 34.9 Å². The third kappa shape index (κ3) is 3.22. The van der Waals surface area contributed by atoms with E-state index in [1.807, 2.05) is 27.7 Å². The van der Waals surface area contributed by atoms with E-state index in [2.05, 4.69) is 0 Å². The summed E-state index contributed by atoms with van der Waals surface area (Å²) in [6.07, 6.45) is 1.79. The van der Waals surface area contributed by atoms with Gasteiger partial charge < -0.3 is 14.6 Å². The average molecular weight is 431 g/mol. The van der Waals surface area contributed by atoms with Crippen LogP contribution in [-0.4, -0.2) is 41.1 Å². The van der Waals surface area contributed by atoms with E-state index in [1.165, 1.54) is 0 Å². The number of carbonyl (C=O) groups excluding carboxylic acids is 3. The molecule has 4 aliphatic rings. The molecule has 7 atom stereocenters. The molecule has 6 heteroatoms. The maximum atomic E-state index is 13.0. The van der Waals surface area contributed by atoms with E-state index >= 15 is 0 Å². The highest BCUT2D eigenvalue weighted by Gasteiger charge is 2.76. The fraction of sp³-hybridized carbons (Fsp3) is 0.640. The summed E-state index contributed by atoms with van der Waals surface area (Å²) in [5.74, 6) is -1.72. The van der Waals surface area contributed by atoms with Crippen molar-refractivity contribution in [2.75, 3.05) is 0 Å². The first-order valence-corrected chi connectivity index (χ1v) is 10.9. The van der Waals surface area contributed by atoms with Crippen LogP contribution in [0.2, 0.25) is 0 Å². The van der Waals surface area contributed by atoms with Gasteiger partial charge in [-0.1, -0.05) is 38.5 Å². The van der Waals surface area contributed by atoms with Crippen LogP contribution >= 0.6 is 0 Å². The third-order valence-corrected chi connectivity index (χ3v) is 8.05. The lowest BCUT2D eigenvalue weighted by molar-refractivity contribution is -0.199. The summed E-state index contributed by atoms with van der Waals surface area (Å²) in [5, 5.41) is 11.6. The Kier molecular flexibility index (Phi) is 5.85. The highest BCUT2D eigenvalue weighted by atomic mass is 16.6. The van der Waals surface area contributed by atoms with Crippen molar-refractivity contribution >= 4 is 17.7 Å². The lowest BCUT2D eigenvalue weighted by Gasteiger charge is -2.65. The molecule has 4 rings (SSSR count). The first-order valence-electron chi connectivity index (χ1n) is 10.9. The van der Waals surface area contributed by atoms with Gasteiger partial charge in [-0.15, -0.1) is 0 Å². The number of hydrogen-bond donors (Lipinski definition) is 1. The Labute approximate surface area is 184 Å². The van der Waals surface area contributed by atoms with Crippen molar-refractivity contribution in [3.63, 3.8) is 0 Å². The minimum atomic E-state index is -1.16. The molecule has 170 valence electrons. The highest BCUT2D eigenvalue weighted by Crippen LogP contribution is 2.71. The molecule has 4 aliphatic carbocycles. The zero-order valence-corrected chi connectivity index (χ0v) is 19.7. The van der Waals surface area contributed by atoms with Crippen LogP contribution in [0, 0.1) is 28.6 Å². The van der Waals surface area contributed by atoms with Gasteiger partial charge in [-0.25, -0.2) is 9.59 Å². The lowest BCUT2D eigenvalue weighted by Crippen LogP contribution is -2.68. The smallest absolute Gasteiger partial charge is 0.333 e. The number of ketones is 1. The number of allylic oxidation sites excluding steroid dienone is 4. The number of hydrogen-bond acceptors (Lipinski definition) is 6. The van der Waals surface area contributed by atoms with Crippen molar-refractivity contribution in [1.29, 1.82) is 0 Å². The molecular weight excluding hydrogens is 396 g/mol. The van der Waals surface area contributed by atoms with E-state index in [0.29, 0.717) is 11.1 Å². The van der Waals surface area contributed by atoms with Crippen LogP contribution in [0.1, 0.15) is 55.4 Å². The predicted molar refractivity (Wildman–Crippen MR) is 116 cm³/mol. The summed E-state index contributed by atoms with van der Waals surface area (Å²) in [5.41, 5.74) is 0.238. The van der Waals surface area contributed by atoms with Gasteiger partial charge in [0.15, 0.2) is 11.9 Å². The SMILES string of the molecule is C/C=C(/C)C(=O)O[C@@H]1[C@@H](OC(=O)/C(C)=C\C)C(C)(C)[C@@H]2[C@H]3C(=O)C=C(C)[C@@H]2[C@@]3(C)[C@@H]1O. The Morgan fingerprint density at radius 3 is 2.00 bits per heavy atom. The van der Waals surface area contributed by atoms with Gasteiger partial charge in [-0.2, -0.15) is 0 Å². The van der Waals surface area contributed by atoms with Crippen LogP contribution in [-0.2, 0) is 23.9 Å². The maximum Gasteiger partial charge on any atom is 0.333 e. The molecule has 0 aliphatic heterocycles. The Balaban J connectivity index is 2.14. The standard InChI is InChI=1S/C25H34O6/c1-9-12(3)22(28)30-19-20(27)25(8)16-14(5)11-15(26)17(25)18(16)24(6,7)21(19)31-23(29)13(4)10-2/h9-11,16-21,27H,1-8H3/b12-9-,13-10-/t16-,17+,18-,19-,20+,21+,25+/m0/s1. The Hall–Kier alpha value is -2.21. The molecular formula is C25H34O6. The van der Waals surface area contributed by atoms with Crippen LogP contribution in [0.5, 0.6) is 0 Å². The highest BCUT2D eigenvalue weighted by molar-refractivity contribution is 5.97. The van der Waals surface area contributed by atoms with E-state index in [-0.39, 0.29) is 17.6 Å². The monoisotopic (exact) mass is 430 g/mol. The largest absolute Gasteiger partial charge is 0.454 e. The second-order valence-electron chi connectivity index (χ2n) is 10.0. The molecule has 4 bridgehead atoms. The van der Waals surface area contributed by atoms with Gasteiger partial charge in [0.05, 0.1) is 0 Å². The molecule has 3 fully saturated rings. The topological polar surface area (TPSA) is 89.9 Å². The normalized spacial score (nSPS) is 39.1. The van der Waals surface area contributed by atoms with Gasteiger partial charge in [0.25, 0.3) is 0 Å². The van der Waals surface area contributed by atoms with Gasteiger partial charge >= 0.3 is 11.9 Å². The minimum Gasteiger partial charge on any atom is -0.454 e. The molecule has 0 aromatic rings. The van der Waals surface area contributed by atoms with Crippen molar-refractivity contribution < 1.29 is 29.0 Å². The maximum absolute atomic E-state index is 13.0. The second kappa shape index (κ2) is 7.73. The van der Waals surface area contributed by atoms with Gasteiger partial charge in [-0.05, 0) is 52.5 Å². The summed E-state index contributed by atoms with van der Waals surface area (Å²) in [6, 6.07) is 0. The Morgan fingerprint density at radius 1 is 1.00 bits per heavy atom. The predicted octanol–water partition coefficient (Wildman–Crippen LogP) is 3.54. The number of esters is 2. The van der Waals surface area contributed by atoms with Gasteiger partial charge in [0.2, 0.25) is 0 Å². The van der Waals surface area contributed by atoms with E-state index in [0.717, 1.165) is 5.57 Å². The first kappa shape index (κ1) is 23.5. The van der Waals surface area contributed by atoms with E-state index in [9.17, 15) is 19.5 Å². The third-order valence-electron chi connectivity index (χ3n) is 8.05. The molecule has 0 unspecified atom stereocenters. The van der Waals surface area contributed by atoms with Crippen LogP contribution in [0.3, 0.4) is 0 Å². The average Bonchev–Trinajstić information content (AvgIpc) is 2.78. The second-order valence-corrected chi connectivity index (χ2v) is 10.0. The molecule has 0 saturated heterocycles. The van der Waals surface area contributed by atoms with Crippen molar-refractivity contribution in [1.82, 2.24) is 0 Å². The zero-order valence-electron chi connectivity index (χ0n) is 19.7. The van der Waals surface area contributed by atoms with Crippen molar-refractivity contribution in [3.05, 3.63) is 34.9 Å². The summed E-state index contributed by atoms with van der Waals surface area (Å²) >= 11 is 0. The van der Waals surface area contributed by atoms with Crippen LogP contribution in [0.4, 0.5) is 0 Å². The van der Waals surface area contributed by atoms with Crippen molar-refractivity contribution in [2.45, 2.75) is 73.7 Å². The Bertz CT molecular complexity index is 907.